The highest BCUT2D eigenvalue weighted by molar-refractivity contribution is 5.89. The monoisotopic (exact) mass is 297 g/mol. The van der Waals surface area contributed by atoms with Crippen molar-refractivity contribution in [3.05, 3.63) is 65.2 Å². The Labute approximate surface area is 129 Å². The number of rotatable bonds is 3. The first-order valence-electron chi connectivity index (χ1n) is 7.27. The molecule has 2 N–H and O–H groups in total. The largest absolute Gasteiger partial charge is 0.478 e. The summed E-state index contributed by atoms with van der Waals surface area (Å²) in [6, 6.07) is 14.9. The number of hydrogen-bond acceptors (Lipinski definition) is 3. The summed E-state index contributed by atoms with van der Waals surface area (Å²) in [5.74, 6) is -0.957. The Bertz CT molecular complexity index is 710. The van der Waals surface area contributed by atoms with Crippen molar-refractivity contribution in [3.63, 3.8) is 0 Å². The van der Waals surface area contributed by atoms with E-state index in [1.54, 1.807) is 12.1 Å². The van der Waals surface area contributed by atoms with Gasteiger partial charge in [0.2, 0.25) is 0 Å². The molecule has 0 amide bonds. The van der Waals surface area contributed by atoms with Crippen molar-refractivity contribution >= 4 is 11.7 Å². The minimum atomic E-state index is -0.957. The summed E-state index contributed by atoms with van der Waals surface area (Å²) in [5.41, 5.74) is 2.64. The molecule has 1 aliphatic rings. The summed E-state index contributed by atoms with van der Waals surface area (Å²) in [7, 11) is 0. The summed E-state index contributed by atoms with van der Waals surface area (Å²) in [6.07, 6.45) is -0.688. The van der Waals surface area contributed by atoms with Gasteiger partial charge in [-0.1, -0.05) is 50.2 Å². The Morgan fingerprint density at radius 2 is 1.86 bits per heavy atom. The minimum absolute atomic E-state index is 0.238. The van der Waals surface area contributed by atoms with Crippen molar-refractivity contribution in [2.75, 3.05) is 4.90 Å². The number of carboxylic acid groups (broad SMARTS) is 1. The van der Waals surface area contributed by atoms with Crippen molar-refractivity contribution in [1.82, 2.24) is 0 Å². The van der Waals surface area contributed by atoms with Gasteiger partial charge >= 0.3 is 5.97 Å². The van der Waals surface area contributed by atoms with E-state index in [2.05, 4.69) is 0 Å². The minimum Gasteiger partial charge on any atom is -0.478 e. The molecule has 1 atom stereocenters. The third kappa shape index (κ3) is 2.25. The van der Waals surface area contributed by atoms with E-state index >= 15 is 0 Å². The van der Waals surface area contributed by atoms with Crippen LogP contribution < -0.4 is 4.90 Å². The molecule has 0 aliphatic carbocycles. The van der Waals surface area contributed by atoms with Crippen molar-refractivity contribution in [3.8, 4) is 0 Å². The fourth-order valence-electron chi connectivity index (χ4n) is 3.06. The average Bonchev–Trinajstić information content (AvgIpc) is 2.69. The Morgan fingerprint density at radius 1 is 1.18 bits per heavy atom. The van der Waals surface area contributed by atoms with Gasteiger partial charge in [0.1, 0.15) is 6.23 Å². The number of anilines is 1. The van der Waals surface area contributed by atoms with Gasteiger partial charge in [0.25, 0.3) is 0 Å². The molecule has 2 aromatic carbocycles. The lowest BCUT2D eigenvalue weighted by Gasteiger charge is -2.30. The fraction of sp³-hybridized carbons (Fsp3) is 0.278. The van der Waals surface area contributed by atoms with E-state index in [0.29, 0.717) is 6.54 Å². The molecule has 0 saturated carbocycles. The van der Waals surface area contributed by atoms with Gasteiger partial charge in [-0.2, -0.15) is 0 Å². The fourth-order valence-corrected chi connectivity index (χ4v) is 3.06. The van der Waals surface area contributed by atoms with Crippen LogP contribution >= 0.6 is 0 Å². The molecule has 0 bridgehead atoms. The number of aromatic carboxylic acids is 1. The Hall–Kier alpha value is -2.33. The summed E-state index contributed by atoms with van der Waals surface area (Å²) >= 11 is 0. The molecule has 2 aromatic rings. The first kappa shape index (κ1) is 14.6. The zero-order valence-electron chi connectivity index (χ0n) is 12.7. The Balaban J connectivity index is 2.05. The number of carboxylic acids is 1. The van der Waals surface area contributed by atoms with Gasteiger partial charge in [-0.25, -0.2) is 4.79 Å². The van der Waals surface area contributed by atoms with Crippen LogP contribution in [0.5, 0.6) is 0 Å². The number of hydrogen-bond donors (Lipinski definition) is 2. The maximum atomic E-state index is 11.2. The highest BCUT2D eigenvalue weighted by Gasteiger charge is 2.43. The molecule has 0 saturated heterocycles. The van der Waals surface area contributed by atoms with Gasteiger partial charge in [-0.05, 0) is 23.3 Å². The molecule has 3 rings (SSSR count). The van der Waals surface area contributed by atoms with E-state index in [9.17, 15) is 15.0 Å². The SMILES string of the molecule is CC1(C)c2ccc(C(=O)O)cc2N(Cc2ccccc2)C1O. The molecular formula is C18H19NO3. The summed E-state index contributed by atoms with van der Waals surface area (Å²) in [6.45, 7) is 4.49. The number of nitrogens with zero attached hydrogens (tertiary/aromatic N) is 1. The number of aliphatic hydroxyl groups excluding tert-OH is 1. The second-order valence-electron chi connectivity index (χ2n) is 6.25. The molecule has 4 nitrogen and oxygen atoms in total. The van der Waals surface area contributed by atoms with Gasteiger partial charge in [0, 0.05) is 17.6 Å². The molecule has 0 radical (unpaired) electrons. The molecule has 0 fully saturated rings. The Morgan fingerprint density at radius 3 is 2.50 bits per heavy atom. The zero-order chi connectivity index (χ0) is 15.9. The van der Waals surface area contributed by atoms with E-state index in [0.717, 1.165) is 16.8 Å². The average molecular weight is 297 g/mol. The van der Waals surface area contributed by atoms with Crippen LogP contribution in [0.3, 0.4) is 0 Å². The zero-order valence-corrected chi connectivity index (χ0v) is 12.7. The second kappa shape index (κ2) is 5.14. The first-order chi connectivity index (χ1) is 10.4. The highest BCUT2D eigenvalue weighted by atomic mass is 16.4. The van der Waals surface area contributed by atoms with E-state index in [-0.39, 0.29) is 5.56 Å². The van der Waals surface area contributed by atoms with Crippen LogP contribution in [-0.4, -0.2) is 22.4 Å². The van der Waals surface area contributed by atoms with Crippen molar-refractivity contribution < 1.29 is 15.0 Å². The molecule has 0 spiro atoms. The molecule has 114 valence electrons. The molecule has 22 heavy (non-hydrogen) atoms. The molecule has 1 aliphatic heterocycles. The maximum Gasteiger partial charge on any atom is 0.335 e. The molecule has 4 heteroatoms. The van der Waals surface area contributed by atoms with Gasteiger partial charge in [0.05, 0.1) is 5.56 Å². The van der Waals surface area contributed by atoms with Crippen LogP contribution in [0.1, 0.15) is 35.3 Å². The molecule has 1 unspecified atom stereocenters. The molecule has 1 heterocycles. The van der Waals surface area contributed by atoms with Crippen LogP contribution in [0, 0.1) is 0 Å². The first-order valence-corrected chi connectivity index (χ1v) is 7.27. The Kier molecular flexibility index (Phi) is 3.41. The van der Waals surface area contributed by atoms with E-state index in [4.69, 9.17) is 0 Å². The standard InChI is InChI=1S/C18H19NO3/c1-18(2)14-9-8-13(16(20)21)10-15(14)19(17(18)22)11-12-6-4-3-5-7-12/h3-10,17,22H,11H2,1-2H3,(H,20,21). The number of benzene rings is 2. The van der Waals surface area contributed by atoms with Crippen LogP contribution in [0.15, 0.2) is 48.5 Å². The third-order valence-electron chi connectivity index (χ3n) is 4.38. The van der Waals surface area contributed by atoms with E-state index in [1.807, 2.05) is 55.1 Å². The number of aliphatic hydroxyl groups is 1. The lowest BCUT2D eigenvalue weighted by molar-refractivity contribution is 0.0697. The highest BCUT2D eigenvalue weighted by Crippen LogP contribution is 2.45. The van der Waals surface area contributed by atoms with Gasteiger partial charge < -0.3 is 15.1 Å². The normalized spacial score (nSPS) is 19.0. The van der Waals surface area contributed by atoms with Crippen LogP contribution in [0.2, 0.25) is 0 Å². The van der Waals surface area contributed by atoms with Gasteiger partial charge in [0.15, 0.2) is 0 Å². The number of carbonyl (C=O) groups is 1. The van der Waals surface area contributed by atoms with E-state index < -0.39 is 17.6 Å². The lowest BCUT2D eigenvalue weighted by Crippen LogP contribution is -2.40. The summed E-state index contributed by atoms with van der Waals surface area (Å²) < 4.78 is 0. The van der Waals surface area contributed by atoms with Gasteiger partial charge in [-0.3, -0.25) is 0 Å². The van der Waals surface area contributed by atoms with Crippen LogP contribution in [-0.2, 0) is 12.0 Å². The quantitative estimate of drug-likeness (QED) is 0.914. The predicted octanol–water partition coefficient (Wildman–Crippen LogP) is 3.00. The maximum absolute atomic E-state index is 11.2. The lowest BCUT2D eigenvalue weighted by atomic mass is 9.85. The van der Waals surface area contributed by atoms with Crippen molar-refractivity contribution in [2.24, 2.45) is 0 Å². The number of fused-ring (bicyclic) bond motifs is 1. The third-order valence-corrected chi connectivity index (χ3v) is 4.38. The van der Waals surface area contributed by atoms with Crippen molar-refractivity contribution in [2.45, 2.75) is 32.0 Å². The smallest absolute Gasteiger partial charge is 0.335 e. The molecule has 0 aromatic heterocycles. The van der Waals surface area contributed by atoms with Crippen molar-refractivity contribution in [1.29, 1.82) is 0 Å². The second-order valence-corrected chi connectivity index (χ2v) is 6.25. The van der Waals surface area contributed by atoms with Gasteiger partial charge in [-0.15, -0.1) is 0 Å². The molecular weight excluding hydrogens is 278 g/mol. The summed E-state index contributed by atoms with van der Waals surface area (Å²) in [5, 5.41) is 19.9. The van der Waals surface area contributed by atoms with Crippen LogP contribution in [0.4, 0.5) is 5.69 Å². The van der Waals surface area contributed by atoms with E-state index in [1.165, 1.54) is 0 Å². The van der Waals surface area contributed by atoms with Crippen LogP contribution in [0.25, 0.3) is 0 Å². The summed E-state index contributed by atoms with van der Waals surface area (Å²) in [4.78, 5) is 13.1. The topological polar surface area (TPSA) is 60.8 Å². The predicted molar refractivity (Wildman–Crippen MR) is 85.1 cm³/mol.